The average molecular weight is 528 g/mol. The third-order valence-electron chi connectivity index (χ3n) is 7.45. The van der Waals surface area contributed by atoms with Crippen LogP contribution in [0.3, 0.4) is 0 Å². The maximum absolute atomic E-state index is 13.8. The first kappa shape index (κ1) is 25.4. The SMILES string of the molecule is CC[C@H]1CN(c2ccc(-c3nnc(N)o3)nc2C)CCN1C1CCN(C(=O)c2ccc(Cl)c(F)c2)CC1. The van der Waals surface area contributed by atoms with Crippen molar-refractivity contribution in [1.29, 1.82) is 0 Å². The molecule has 2 aliphatic heterocycles. The summed E-state index contributed by atoms with van der Waals surface area (Å²) in [5.41, 5.74) is 8.51. The highest BCUT2D eigenvalue weighted by Gasteiger charge is 2.34. The fourth-order valence-electron chi connectivity index (χ4n) is 5.49. The monoisotopic (exact) mass is 527 g/mol. The van der Waals surface area contributed by atoms with E-state index in [1.54, 1.807) is 6.07 Å². The first-order valence-electron chi connectivity index (χ1n) is 12.7. The van der Waals surface area contributed by atoms with Gasteiger partial charge in [-0.2, -0.15) is 0 Å². The van der Waals surface area contributed by atoms with Crippen molar-refractivity contribution in [3.05, 3.63) is 52.4 Å². The van der Waals surface area contributed by atoms with Gasteiger partial charge in [0.05, 0.1) is 16.4 Å². The van der Waals surface area contributed by atoms with Crippen LogP contribution in [0.25, 0.3) is 11.6 Å². The molecule has 9 nitrogen and oxygen atoms in total. The van der Waals surface area contributed by atoms with Crippen molar-refractivity contribution in [1.82, 2.24) is 25.0 Å². The highest BCUT2D eigenvalue weighted by molar-refractivity contribution is 6.30. The van der Waals surface area contributed by atoms with Crippen molar-refractivity contribution in [3.63, 3.8) is 0 Å². The quantitative estimate of drug-likeness (QED) is 0.530. The Labute approximate surface area is 220 Å². The van der Waals surface area contributed by atoms with Crippen LogP contribution in [-0.4, -0.2) is 75.7 Å². The number of nitrogens with zero attached hydrogens (tertiary/aromatic N) is 6. The number of amides is 1. The van der Waals surface area contributed by atoms with E-state index in [2.05, 4.69) is 38.0 Å². The zero-order valence-corrected chi connectivity index (χ0v) is 21.8. The lowest BCUT2D eigenvalue weighted by molar-refractivity contribution is 0.0491. The highest BCUT2D eigenvalue weighted by Crippen LogP contribution is 2.29. The predicted molar refractivity (Wildman–Crippen MR) is 140 cm³/mol. The molecule has 0 saturated carbocycles. The lowest BCUT2D eigenvalue weighted by Crippen LogP contribution is -2.58. The van der Waals surface area contributed by atoms with E-state index in [4.69, 9.17) is 21.8 Å². The number of rotatable bonds is 5. The van der Waals surface area contributed by atoms with Gasteiger partial charge in [-0.1, -0.05) is 23.6 Å². The Balaban J connectivity index is 1.20. The van der Waals surface area contributed by atoms with Gasteiger partial charge in [0.25, 0.3) is 11.8 Å². The number of carbonyl (C=O) groups is 1. The number of aromatic nitrogens is 3. The number of carbonyl (C=O) groups excluding carboxylic acids is 1. The molecule has 196 valence electrons. The third kappa shape index (κ3) is 5.26. The van der Waals surface area contributed by atoms with Crippen LogP contribution < -0.4 is 10.6 Å². The number of aryl methyl sites for hydroxylation is 1. The molecule has 0 spiro atoms. The lowest BCUT2D eigenvalue weighted by Gasteiger charge is -2.48. The van der Waals surface area contributed by atoms with Crippen LogP contribution in [0.2, 0.25) is 5.02 Å². The second kappa shape index (κ2) is 10.6. The number of nitrogen functional groups attached to an aromatic ring is 1. The van der Waals surface area contributed by atoms with E-state index in [-0.39, 0.29) is 16.9 Å². The molecule has 0 bridgehead atoms. The minimum Gasteiger partial charge on any atom is -0.402 e. The van der Waals surface area contributed by atoms with Crippen molar-refractivity contribution < 1.29 is 13.6 Å². The van der Waals surface area contributed by atoms with E-state index in [0.29, 0.717) is 42.3 Å². The van der Waals surface area contributed by atoms with Crippen LogP contribution in [-0.2, 0) is 0 Å². The molecule has 2 saturated heterocycles. The van der Waals surface area contributed by atoms with E-state index in [1.807, 2.05) is 17.9 Å². The second-order valence-corrected chi connectivity index (χ2v) is 10.1. The van der Waals surface area contributed by atoms with Gasteiger partial charge in [-0.05, 0) is 56.5 Å². The number of piperidine rings is 1. The number of nitrogens with two attached hydrogens (primary N) is 1. The Morgan fingerprint density at radius 1 is 1.16 bits per heavy atom. The van der Waals surface area contributed by atoms with Gasteiger partial charge >= 0.3 is 6.01 Å². The molecule has 2 aliphatic rings. The minimum atomic E-state index is -0.564. The van der Waals surface area contributed by atoms with Crippen LogP contribution in [0.4, 0.5) is 16.1 Å². The van der Waals surface area contributed by atoms with E-state index in [1.165, 1.54) is 12.1 Å². The number of pyridine rings is 1. The maximum atomic E-state index is 13.8. The minimum absolute atomic E-state index is 0.0227. The molecule has 1 aromatic carbocycles. The Hall–Kier alpha value is -3.24. The summed E-state index contributed by atoms with van der Waals surface area (Å²) in [4.78, 5) is 24.4. The molecule has 11 heteroatoms. The number of piperazine rings is 1. The number of hydrogen-bond donors (Lipinski definition) is 1. The second-order valence-electron chi connectivity index (χ2n) is 9.64. The molecule has 2 aromatic heterocycles. The van der Waals surface area contributed by atoms with Gasteiger partial charge in [0.15, 0.2) is 0 Å². The fourth-order valence-corrected chi connectivity index (χ4v) is 5.61. The van der Waals surface area contributed by atoms with Crippen molar-refractivity contribution in [2.75, 3.05) is 43.4 Å². The van der Waals surface area contributed by atoms with Crippen LogP contribution in [0.1, 0.15) is 42.2 Å². The van der Waals surface area contributed by atoms with Gasteiger partial charge < -0.3 is 20.0 Å². The first-order chi connectivity index (χ1) is 17.8. The van der Waals surface area contributed by atoms with E-state index in [0.717, 1.165) is 50.3 Å². The molecule has 37 heavy (non-hydrogen) atoms. The van der Waals surface area contributed by atoms with Crippen LogP contribution in [0.5, 0.6) is 0 Å². The zero-order valence-electron chi connectivity index (χ0n) is 21.0. The van der Waals surface area contributed by atoms with Crippen molar-refractivity contribution >= 4 is 29.2 Å². The van der Waals surface area contributed by atoms with E-state index in [9.17, 15) is 9.18 Å². The van der Waals surface area contributed by atoms with Gasteiger partial charge in [0.2, 0.25) is 0 Å². The van der Waals surface area contributed by atoms with Gasteiger partial charge in [0.1, 0.15) is 11.5 Å². The normalized spacial score (nSPS) is 19.4. The maximum Gasteiger partial charge on any atom is 0.313 e. The van der Waals surface area contributed by atoms with Gasteiger partial charge in [0, 0.05) is 50.4 Å². The molecule has 0 aliphatic carbocycles. The molecule has 5 rings (SSSR count). The summed E-state index contributed by atoms with van der Waals surface area (Å²) in [6, 6.07) is 9.05. The van der Waals surface area contributed by atoms with Gasteiger partial charge in [-0.25, -0.2) is 9.37 Å². The molecule has 1 amide bonds. The van der Waals surface area contributed by atoms with Crippen LogP contribution in [0, 0.1) is 12.7 Å². The summed E-state index contributed by atoms with van der Waals surface area (Å²) in [6.45, 7) is 8.30. The van der Waals surface area contributed by atoms with Gasteiger partial charge in [-0.15, -0.1) is 5.10 Å². The summed E-state index contributed by atoms with van der Waals surface area (Å²) in [6.07, 6.45) is 2.84. The number of hydrogen-bond acceptors (Lipinski definition) is 8. The summed E-state index contributed by atoms with van der Waals surface area (Å²) < 4.78 is 19.1. The Kier molecular flexibility index (Phi) is 7.30. The Morgan fingerprint density at radius 2 is 1.95 bits per heavy atom. The predicted octanol–water partition coefficient (Wildman–Crippen LogP) is 4.02. The Morgan fingerprint density at radius 3 is 2.59 bits per heavy atom. The van der Waals surface area contributed by atoms with Crippen LogP contribution >= 0.6 is 11.6 Å². The largest absolute Gasteiger partial charge is 0.402 e. The third-order valence-corrected chi connectivity index (χ3v) is 7.75. The number of anilines is 2. The molecule has 4 heterocycles. The topological polar surface area (TPSA) is 105 Å². The first-order valence-corrected chi connectivity index (χ1v) is 13.0. The van der Waals surface area contributed by atoms with Crippen molar-refractivity contribution in [2.45, 2.75) is 45.2 Å². The molecule has 1 atom stereocenters. The fraction of sp³-hybridized carbons (Fsp3) is 0.462. The Bertz CT molecular complexity index is 1280. The number of likely N-dealkylation sites (tertiary alicyclic amines) is 1. The van der Waals surface area contributed by atoms with E-state index >= 15 is 0 Å². The summed E-state index contributed by atoms with van der Waals surface area (Å²) >= 11 is 5.77. The number of benzene rings is 1. The molecular weight excluding hydrogens is 497 g/mol. The number of halogens is 2. The smallest absolute Gasteiger partial charge is 0.313 e. The molecular formula is C26H31ClFN7O2. The molecule has 0 unspecified atom stereocenters. The summed E-state index contributed by atoms with van der Waals surface area (Å²) in [5.74, 6) is -0.389. The van der Waals surface area contributed by atoms with E-state index < -0.39 is 5.82 Å². The summed E-state index contributed by atoms with van der Waals surface area (Å²) in [7, 11) is 0. The highest BCUT2D eigenvalue weighted by atomic mass is 35.5. The lowest BCUT2D eigenvalue weighted by atomic mass is 9.97. The van der Waals surface area contributed by atoms with Crippen molar-refractivity contribution in [3.8, 4) is 11.6 Å². The van der Waals surface area contributed by atoms with Gasteiger partial charge in [-0.3, -0.25) is 9.69 Å². The average Bonchev–Trinajstić information content (AvgIpc) is 3.36. The standard InChI is InChI=1S/C26H31ClFN7O2/c1-3-18-15-34(23-7-6-22(30-16(23)2)24-31-32-26(29)37-24)12-13-35(18)19-8-10-33(11-9-19)25(36)17-4-5-20(27)21(28)14-17/h4-7,14,18-19H,3,8-13,15H2,1-2H3,(H2,29,32)/t18-/m0/s1. The molecule has 0 radical (unpaired) electrons. The zero-order chi connectivity index (χ0) is 26.1. The molecule has 2 fully saturated rings. The summed E-state index contributed by atoms with van der Waals surface area (Å²) in [5, 5.41) is 7.66. The molecule has 2 N–H and O–H groups in total. The molecule has 3 aromatic rings. The van der Waals surface area contributed by atoms with Crippen LogP contribution in [0.15, 0.2) is 34.7 Å². The van der Waals surface area contributed by atoms with Crippen molar-refractivity contribution in [2.24, 2.45) is 0 Å².